The molecule has 16 heavy (non-hydrogen) atoms. The van der Waals surface area contributed by atoms with Gasteiger partial charge in [0.15, 0.2) is 0 Å². The summed E-state index contributed by atoms with van der Waals surface area (Å²) < 4.78 is 10.1. The second-order valence-corrected chi connectivity index (χ2v) is 5.55. The van der Waals surface area contributed by atoms with Gasteiger partial charge >= 0.3 is 11.9 Å². The van der Waals surface area contributed by atoms with Gasteiger partial charge in [-0.05, 0) is 25.2 Å². The van der Waals surface area contributed by atoms with Gasteiger partial charge < -0.3 is 9.47 Å². The summed E-state index contributed by atoms with van der Waals surface area (Å²) in [6.45, 7) is 7.31. The van der Waals surface area contributed by atoms with Crippen molar-refractivity contribution in [3.63, 3.8) is 0 Å². The third kappa shape index (κ3) is 2.36. The summed E-state index contributed by atoms with van der Waals surface area (Å²) in [4.78, 5) is 22.8. The largest absolute Gasteiger partial charge is 0.468 e. The lowest BCUT2D eigenvalue weighted by Gasteiger charge is -2.27. The summed E-state index contributed by atoms with van der Waals surface area (Å²) in [6, 6.07) is 0. The second kappa shape index (κ2) is 4.07. The number of methoxy groups -OCH3 is 1. The van der Waals surface area contributed by atoms with Gasteiger partial charge in [-0.25, -0.2) is 0 Å². The van der Waals surface area contributed by atoms with Crippen molar-refractivity contribution in [3.05, 3.63) is 0 Å². The van der Waals surface area contributed by atoms with Crippen molar-refractivity contribution < 1.29 is 19.1 Å². The smallest absolute Gasteiger partial charge is 0.315 e. The molecule has 1 aliphatic carbocycles. The predicted octanol–water partition coefficient (Wildman–Crippen LogP) is 1.92. The van der Waals surface area contributed by atoms with Crippen LogP contribution in [0.4, 0.5) is 0 Å². The molecule has 0 heterocycles. The molecule has 0 saturated heterocycles. The molecule has 0 amide bonds. The third-order valence-corrected chi connectivity index (χ3v) is 3.25. The molecule has 2 atom stereocenters. The maximum absolute atomic E-state index is 11.8. The number of esters is 2. The van der Waals surface area contributed by atoms with E-state index in [1.54, 1.807) is 6.92 Å². The Morgan fingerprint density at radius 1 is 1.25 bits per heavy atom. The Balaban J connectivity index is 2.95. The van der Waals surface area contributed by atoms with E-state index >= 15 is 0 Å². The zero-order valence-corrected chi connectivity index (χ0v) is 10.6. The minimum atomic E-state index is -0.718. The Morgan fingerprint density at radius 2 is 1.81 bits per heavy atom. The van der Waals surface area contributed by atoms with Crippen LogP contribution < -0.4 is 0 Å². The van der Waals surface area contributed by atoms with Gasteiger partial charge in [-0.15, -0.1) is 0 Å². The van der Waals surface area contributed by atoms with Crippen molar-refractivity contribution in [2.24, 2.45) is 10.8 Å². The molecule has 0 bridgehead atoms. The van der Waals surface area contributed by atoms with E-state index in [1.165, 1.54) is 14.0 Å². The molecule has 0 unspecified atom stereocenters. The van der Waals surface area contributed by atoms with E-state index in [4.69, 9.17) is 9.47 Å². The van der Waals surface area contributed by atoms with Crippen LogP contribution in [0.15, 0.2) is 0 Å². The van der Waals surface area contributed by atoms with Crippen LogP contribution in [0.5, 0.6) is 0 Å². The van der Waals surface area contributed by atoms with E-state index in [-0.39, 0.29) is 23.5 Å². The van der Waals surface area contributed by atoms with Gasteiger partial charge in [-0.3, -0.25) is 9.59 Å². The normalized spacial score (nSPS) is 32.2. The standard InChI is InChI=1S/C12H20O4/c1-8(13)16-9-6-11(2,3)7-12(9,4)10(14)15-5/h9H,6-7H2,1-5H3/t9-,12-/m0/s1. The highest BCUT2D eigenvalue weighted by molar-refractivity contribution is 5.78. The fourth-order valence-electron chi connectivity index (χ4n) is 2.72. The van der Waals surface area contributed by atoms with Crippen LogP contribution >= 0.6 is 0 Å². The van der Waals surface area contributed by atoms with E-state index in [0.717, 1.165) is 0 Å². The Hall–Kier alpha value is -1.06. The van der Waals surface area contributed by atoms with Crippen molar-refractivity contribution in [1.29, 1.82) is 0 Å². The number of carbonyl (C=O) groups is 2. The maximum Gasteiger partial charge on any atom is 0.315 e. The summed E-state index contributed by atoms with van der Waals surface area (Å²) in [6.07, 6.45) is 0.982. The monoisotopic (exact) mass is 228 g/mol. The Kier molecular flexibility index (Phi) is 3.31. The van der Waals surface area contributed by atoms with Gasteiger partial charge in [0.25, 0.3) is 0 Å². The summed E-state index contributed by atoms with van der Waals surface area (Å²) >= 11 is 0. The van der Waals surface area contributed by atoms with Gasteiger partial charge in [0.2, 0.25) is 0 Å². The van der Waals surface area contributed by atoms with Gasteiger partial charge in [-0.2, -0.15) is 0 Å². The fraction of sp³-hybridized carbons (Fsp3) is 0.833. The zero-order chi connectivity index (χ0) is 12.6. The average molecular weight is 228 g/mol. The van der Waals surface area contributed by atoms with Crippen molar-refractivity contribution in [2.45, 2.75) is 46.6 Å². The van der Waals surface area contributed by atoms with Crippen LogP contribution in [0, 0.1) is 10.8 Å². The fourth-order valence-corrected chi connectivity index (χ4v) is 2.72. The lowest BCUT2D eigenvalue weighted by atomic mass is 9.82. The molecule has 1 saturated carbocycles. The molecule has 0 radical (unpaired) electrons. The summed E-state index contributed by atoms with van der Waals surface area (Å²) in [5, 5.41) is 0. The number of carbonyl (C=O) groups excluding carboxylic acids is 2. The zero-order valence-electron chi connectivity index (χ0n) is 10.6. The third-order valence-electron chi connectivity index (χ3n) is 3.25. The number of hydrogen-bond acceptors (Lipinski definition) is 4. The lowest BCUT2D eigenvalue weighted by molar-refractivity contribution is -0.165. The molecule has 0 spiro atoms. The summed E-state index contributed by atoms with van der Waals surface area (Å²) in [5.74, 6) is -0.651. The van der Waals surface area contributed by atoms with E-state index in [0.29, 0.717) is 12.8 Å². The molecule has 0 aliphatic heterocycles. The van der Waals surface area contributed by atoms with Crippen LogP contribution in [0.3, 0.4) is 0 Å². The molecule has 4 nitrogen and oxygen atoms in total. The molecule has 0 aromatic heterocycles. The van der Waals surface area contributed by atoms with Crippen molar-refractivity contribution in [1.82, 2.24) is 0 Å². The van der Waals surface area contributed by atoms with E-state index in [1.807, 2.05) is 0 Å². The number of hydrogen-bond donors (Lipinski definition) is 0. The highest BCUT2D eigenvalue weighted by atomic mass is 16.6. The first-order valence-corrected chi connectivity index (χ1v) is 5.47. The molecule has 0 aromatic carbocycles. The van der Waals surface area contributed by atoms with Crippen LogP contribution in [-0.4, -0.2) is 25.2 Å². The molecule has 92 valence electrons. The van der Waals surface area contributed by atoms with Crippen LogP contribution in [-0.2, 0) is 19.1 Å². The van der Waals surface area contributed by atoms with E-state index < -0.39 is 5.41 Å². The van der Waals surface area contributed by atoms with Gasteiger partial charge in [-0.1, -0.05) is 13.8 Å². The summed E-state index contributed by atoms with van der Waals surface area (Å²) in [5.41, 5.74) is -0.729. The first-order valence-electron chi connectivity index (χ1n) is 5.47. The van der Waals surface area contributed by atoms with Crippen molar-refractivity contribution in [3.8, 4) is 0 Å². The first kappa shape index (κ1) is 13.0. The second-order valence-electron chi connectivity index (χ2n) is 5.55. The minimum Gasteiger partial charge on any atom is -0.468 e. The molecule has 1 fully saturated rings. The number of rotatable bonds is 2. The first-order chi connectivity index (χ1) is 7.21. The topological polar surface area (TPSA) is 52.6 Å². The minimum absolute atomic E-state index is 0.0109. The molecule has 0 N–H and O–H groups in total. The predicted molar refractivity (Wildman–Crippen MR) is 58.7 cm³/mol. The van der Waals surface area contributed by atoms with Crippen LogP contribution in [0.25, 0.3) is 0 Å². The Bertz CT molecular complexity index is 308. The van der Waals surface area contributed by atoms with Crippen LogP contribution in [0.1, 0.15) is 40.5 Å². The highest BCUT2D eigenvalue weighted by Gasteiger charge is 2.55. The molecule has 4 heteroatoms. The highest BCUT2D eigenvalue weighted by Crippen LogP contribution is 2.51. The van der Waals surface area contributed by atoms with Crippen molar-refractivity contribution in [2.75, 3.05) is 7.11 Å². The molecule has 0 aromatic rings. The molecule has 1 rings (SSSR count). The van der Waals surface area contributed by atoms with Gasteiger partial charge in [0.1, 0.15) is 11.5 Å². The van der Waals surface area contributed by atoms with Crippen LogP contribution in [0.2, 0.25) is 0 Å². The average Bonchev–Trinajstić information content (AvgIpc) is 2.35. The molecular formula is C12H20O4. The molecular weight excluding hydrogens is 208 g/mol. The SMILES string of the molecule is COC(=O)[C@@]1(C)CC(C)(C)C[C@@H]1OC(C)=O. The quantitative estimate of drug-likeness (QED) is 0.677. The van der Waals surface area contributed by atoms with Gasteiger partial charge in [0.05, 0.1) is 7.11 Å². The van der Waals surface area contributed by atoms with E-state index in [2.05, 4.69) is 13.8 Å². The van der Waals surface area contributed by atoms with Crippen molar-refractivity contribution >= 4 is 11.9 Å². The lowest BCUT2D eigenvalue weighted by Crippen LogP contribution is -2.39. The molecule has 1 aliphatic rings. The maximum atomic E-state index is 11.8. The van der Waals surface area contributed by atoms with Gasteiger partial charge in [0, 0.05) is 6.92 Å². The number of ether oxygens (including phenoxy) is 2. The Labute approximate surface area is 96.3 Å². The summed E-state index contributed by atoms with van der Waals surface area (Å²) in [7, 11) is 1.36. The Morgan fingerprint density at radius 3 is 2.25 bits per heavy atom. The van der Waals surface area contributed by atoms with E-state index in [9.17, 15) is 9.59 Å².